The third-order valence-corrected chi connectivity index (χ3v) is 2.98. The smallest absolute Gasteiger partial charge is 0.124 e. The molecule has 2 heterocycles. The SMILES string of the molecule is c1cc2c(cc1OC1CCOC1)CCN2. The Morgan fingerprint density at radius 1 is 1.40 bits per heavy atom. The molecule has 0 aliphatic carbocycles. The van der Waals surface area contributed by atoms with Crippen LogP contribution in [0.25, 0.3) is 0 Å². The highest BCUT2D eigenvalue weighted by molar-refractivity contribution is 5.57. The van der Waals surface area contributed by atoms with Crippen LogP contribution in [0.2, 0.25) is 0 Å². The van der Waals surface area contributed by atoms with Crippen LogP contribution < -0.4 is 10.1 Å². The van der Waals surface area contributed by atoms with Crippen LogP contribution in [0, 0.1) is 0 Å². The van der Waals surface area contributed by atoms with E-state index in [4.69, 9.17) is 9.47 Å². The molecule has 2 aliphatic heterocycles. The van der Waals surface area contributed by atoms with Crippen molar-refractivity contribution in [2.24, 2.45) is 0 Å². The minimum absolute atomic E-state index is 0.248. The zero-order chi connectivity index (χ0) is 10.1. The summed E-state index contributed by atoms with van der Waals surface area (Å²) in [4.78, 5) is 0. The van der Waals surface area contributed by atoms with Gasteiger partial charge in [-0.05, 0) is 30.2 Å². The lowest BCUT2D eigenvalue weighted by Gasteiger charge is -2.12. The van der Waals surface area contributed by atoms with E-state index in [1.807, 2.05) is 6.07 Å². The van der Waals surface area contributed by atoms with Gasteiger partial charge in [-0.3, -0.25) is 0 Å². The third-order valence-electron chi connectivity index (χ3n) is 2.98. The molecule has 0 spiro atoms. The zero-order valence-electron chi connectivity index (χ0n) is 8.66. The van der Waals surface area contributed by atoms with Crippen molar-refractivity contribution in [3.05, 3.63) is 23.8 Å². The molecule has 80 valence electrons. The minimum atomic E-state index is 0.248. The first-order chi connectivity index (χ1) is 7.42. The highest BCUT2D eigenvalue weighted by Crippen LogP contribution is 2.27. The molecule has 1 unspecified atom stereocenters. The van der Waals surface area contributed by atoms with E-state index in [1.165, 1.54) is 11.3 Å². The lowest BCUT2D eigenvalue weighted by atomic mass is 10.1. The van der Waals surface area contributed by atoms with Crippen molar-refractivity contribution in [2.75, 3.05) is 25.1 Å². The predicted molar refractivity (Wildman–Crippen MR) is 58.5 cm³/mol. The van der Waals surface area contributed by atoms with E-state index in [-0.39, 0.29) is 6.10 Å². The molecule has 1 atom stereocenters. The molecule has 2 aliphatic rings. The second-order valence-electron chi connectivity index (χ2n) is 4.10. The van der Waals surface area contributed by atoms with Crippen LogP contribution in [0.5, 0.6) is 5.75 Å². The number of ether oxygens (including phenoxy) is 2. The summed E-state index contributed by atoms with van der Waals surface area (Å²) >= 11 is 0. The van der Waals surface area contributed by atoms with Gasteiger partial charge in [-0.1, -0.05) is 0 Å². The van der Waals surface area contributed by atoms with Gasteiger partial charge in [0, 0.05) is 18.7 Å². The maximum absolute atomic E-state index is 5.85. The standard InChI is InChI=1S/C12H15NO2/c1-2-12-9(3-5-13-12)7-10(1)15-11-4-6-14-8-11/h1-2,7,11,13H,3-6,8H2. The number of nitrogens with one attached hydrogen (secondary N) is 1. The van der Waals surface area contributed by atoms with Gasteiger partial charge in [0.1, 0.15) is 11.9 Å². The van der Waals surface area contributed by atoms with E-state index < -0.39 is 0 Å². The maximum atomic E-state index is 5.85. The Morgan fingerprint density at radius 2 is 2.40 bits per heavy atom. The number of fused-ring (bicyclic) bond motifs is 1. The van der Waals surface area contributed by atoms with Crippen LogP contribution in [0.4, 0.5) is 5.69 Å². The molecule has 1 N–H and O–H groups in total. The van der Waals surface area contributed by atoms with Crippen molar-refractivity contribution >= 4 is 5.69 Å². The van der Waals surface area contributed by atoms with Gasteiger partial charge in [0.25, 0.3) is 0 Å². The fraction of sp³-hybridized carbons (Fsp3) is 0.500. The molecule has 1 saturated heterocycles. The number of benzene rings is 1. The molecule has 3 heteroatoms. The summed E-state index contributed by atoms with van der Waals surface area (Å²) in [6.07, 6.45) is 2.36. The van der Waals surface area contributed by atoms with Crippen molar-refractivity contribution in [3.63, 3.8) is 0 Å². The third kappa shape index (κ3) is 1.79. The van der Waals surface area contributed by atoms with Crippen molar-refractivity contribution < 1.29 is 9.47 Å². The molecule has 1 aromatic carbocycles. The number of anilines is 1. The first-order valence-corrected chi connectivity index (χ1v) is 5.53. The first kappa shape index (κ1) is 9.04. The highest BCUT2D eigenvalue weighted by atomic mass is 16.5. The Morgan fingerprint density at radius 3 is 3.27 bits per heavy atom. The molecule has 3 nitrogen and oxygen atoms in total. The van der Waals surface area contributed by atoms with Gasteiger partial charge < -0.3 is 14.8 Å². The lowest BCUT2D eigenvalue weighted by Crippen LogP contribution is -2.15. The molecule has 3 rings (SSSR count). The van der Waals surface area contributed by atoms with E-state index >= 15 is 0 Å². The largest absolute Gasteiger partial charge is 0.488 e. The van der Waals surface area contributed by atoms with Crippen LogP contribution >= 0.6 is 0 Å². The van der Waals surface area contributed by atoms with Crippen LogP contribution in [-0.4, -0.2) is 25.9 Å². The van der Waals surface area contributed by atoms with Crippen molar-refractivity contribution in [2.45, 2.75) is 18.9 Å². The first-order valence-electron chi connectivity index (χ1n) is 5.53. The Hall–Kier alpha value is -1.22. The van der Waals surface area contributed by atoms with Gasteiger partial charge in [0.15, 0.2) is 0 Å². The van der Waals surface area contributed by atoms with Crippen molar-refractivity contribution in [1.82, 2.24) is 0 Å². The van der Waals surface area contributed by atoms with Gasteiger partial charge >= 0.3 is 0 Å². The van der Waals surface area contributed by atoms with E-state index in [9.17, 15) is 0 Å². The Balaban J connectivity index is 1.75. The lowest BCUT2D eigenvalue weighted by molar-refractivity contribution is 0.141. The molecule has 0 aromatic heterocycles. The van der Waals surface area contributed by atoms with Crippen LogP contribution in [0.15, 0.2) is 18.2 Å². The van der Waals surface area contributed by atoms with Gasteiger partial charge in [-0.25, -0.2) is 0 Å². The summed E-state index contributed by atoms with van der Waals surface area (Å²) in [6.45, 7) is 2.61. The highest BCUT2D eigenvalue weighted by Gasteiger charge is 2.18. The molecule has 1 aromatic rings. The average Bonchev–Trinajstić information content (AvgIpc) is 2.87. The monoisotopic (exact) mass is 205 g/mol. The summed E-state index contributed by atoms with van der Waals surface area (Å²) < 4.78 is 11.1. The van der Waals surface area contributed by atoms with Gasteiger partial charge in [-0.15, -0.1) is 0 Å². The minimum Gasteiger partial charge on any atom is -0.488 e. The molecule has 0 bridgehead atoms. The summed E-state index contributed by atoms with van der Waals surface area (Å²) in [5.74, 6) is 0.980. The molecule has 0 radical (unpaired) electrons. The number of hydrogen-bond donors (Lipinski definition) is 1. The van der Waals surface area contributed by atoms with Crippen LogP contribution in [-0.2, 0) is 11.2 Å². The molecule has 0 amide bonds. The molecule has 0 saturated carbocycles. The second kappa shape index (κ2) is 3.74. The Bertz CT molecular complexity index is 359. The van der Waals surface area contributed by atoms with Crippen LogP contribution in [0.3, 0.4) is 0 Å². The Kier molecular flexibility index (Phi) is 2.25. The second-order valence-corrected chi connectivity index (χ2v) is 4.10. The summed E-state index contributed by atoms with van der Waals surface area (Å²) in [5.41, 5.74) is 2.62. The summed E-state index contributed by atoms with van der Waals surface area (Å²) in [7, 11) is 0. The Labute approximate surface area is 89.4 Å². The average molecular weight is 205 g/mol. The molecular weight excluding hydrogens is 190 g/mol. The topological polar surface area (TPSA) is 30.5 Å². The number of rotatable bonds is 2. The normalized spacial score (nSPS) is 23.6. The fourth-order valence-electron chi connectivity index (χ4n) is 2.15. The van der Waals surface area contributed by atoms with Gasteiger partial charge in [-0.2, -0.15) is 0 Å². The summed E-state index contributed by atoms with van der Waals surface area (Å²) in [5, 5.41) is 3.34. The van der Waals surface area contributed by atoms with Crippen molar-refractivity contribution in [3.8, 4) is 5.75 Å². The molecule has 1 fully saturated rings. The van der Waals surface area contributed by atoms with E-state index in [1.54, 1.807) is 0 Å². The molecule has 15 heavy (non-hydrogen) atoms. The molecular formula is C12H15NO2. The van der Waals surface area contributed by atoms with Gasteiger partial charge in [0.2, 0.25) is 0 Å². The van der Waals surface area contributed by atoms with Gasteiger partial charge in [0.05, 0.1) is 13.2 Å². The quantitative estimate of drug-likeness (QED) is 0.799. The van der Waals surface area contributed by atoms with Crippen LogP contribution in [0.1, 0.15) is 12.0 Å². The van der Waals surface area contributed by atoms with E-state index in [0.717, 1.165) is 38.3 Å². The van der Waals surface area contributed by atoms with Crippen molar-refractivity contribution in [1.29, 1.82) is 0 Å². The maximum Gasteiger partial charge on any atom is 0.124 e. The number of hydrogen-bond acceptors (Lipinski definition) is 3. The fourth-order valence-corrected chi connectivity index (χ4v) is 2.15. The predicted octanol–water partition coefficient (Wildman–Crippen LogP) is 1.82. The van der Waals surface area contributed by atoms with E-state index in [0.29, 0.717) is 0 Å². The summed E-state index contributed by atoms with van der Waals surface area (Å²) in [6, 6.07) is 6.29. The van der Waals surface area contributed by atoms with E-state index in [2.05, 4.69) is 17.4 Å². The zero-order valence-corrected chi connectivity index (χ0v) is 8.66.